The maximum absolute atomic E-state index is 12.9. The molecule has 1 heterocycles. The van der Waals surface area contributed by atoms with Gasteiger partial charge in [-0.05, 0) is 50.7 Å². The highest BCUT2D eigenvalue weighted by atomic mass is 35.5. The number of carbonyl (C=O) groups is 1. The first kappa shape index (κ1) is 28.1. The van der Waals surface area contributed by atoms with Crippen molar-refractivity contribution in [2.75, 3.05) is 31.8 Å². The van der Waals surface area contributed by atoms with Crippen LogP contribution in [0.15, 0.2) is 18.2 Å². The molecular formula is C23H30ClF3N4O4S. The minimum atomic E-state index is -4.37. The summed E-state index contributed by atoms with van der Waals surface area (Å²) in [6.45, 7) is 1.39. The Hall–Kier alpha value is -2.47. The molecule has 1 aromatic heterocycles. The summed E-state index contributed by atoms with van der Waals surface area (Å²) < 4.78 is 68.1. The van der Waals surface area contributed by atoms with E-state index in [0.29, 0.717) is 50.0 Å². The van der Waals surface area contributed by atoms with Crippen LogP contribution in [-0.2, 0) is 16.4 Å². The average molecular weight is 551 g/mol. The lowest BCUT2D eigenvalue weighted by atomic mass is 9.89. The van der Waals surface area contributed by atoms with E-state index in [1.807, 2.05) is 6.92 Å². The molecule has 1 aromatic carbocycles. The van der Waals surface area contributed by atoms with Crippen LogP contribution in [-0.4, -0.2) is 62.0 Å². The molecule has 1 amide bonds. The summed E-state index contributed by atoms with van der Waals surface area (Å²) in [5, 5.41) is 9.28. The lowest BCUT2D eigenvalue weighted by Crippen LogP contribution is -2.34. The van der Waals surface area contributed by atoms with Gasteiger partial charge in [0.25, 0.3) is 5.91 Å². The van der Waals surface area contributed by atoms with E-state index in [0.717, 1.165) is 0 Å². The largest absolute Gasteiger partial charge is 0.496 e. The van der Waals surface area contributed by atoms with Crippen LogP contribution in [0.3, 0.4) is 0 Å². The van der Waals surface area contributed by atoms with Crippen molar-refractivity contribution in [2.24, 2.45) is 5.92 Å². The molecule has 200 valence electrons. The fourth-order valence-electron chi connectivity index (χ4n) is 4.36. The van der Waals surface area contributed by atoms with Gasteiger partial charge in [0.1, 0.15) is 22.1 Å². The number of benzene rings is 1. The number of methoxy groups -OCH3 is 1. The molecule has 0 spiro atoms. The molecule has 2 aromatic rings. The van der Waals surface area contributed by atoms with E-state index < -0.39 is 28.5 Å². The third-order valence-electron chi connectivity index (χ3n) is 6.31. The highest BCUT2D eigenvalue weighted by Crippen LogP contribution is 2.38. The van der Waals surface area contributed by atoms with Crippen LogP contribution in [0.5, 0.6) is 5.75 Å². The van der Waals surface area contributed by atoms with Crippen molar-refractivity contribution in [1.82, 2.24) is 15.1 Å². The van der Waals surface area contributed by atoms with E-state index in [4.69, 9.17) is 16.3 Å². The molecule has 13 heteroatoms. The quantitative estimate of drug-likeness (QED) is 0.475. The number of ether oxygens (including phenoxy) is 1. The minimum Gasteiger partial charge on any atom is -0.496 e. The van der Waals surface area contributed by atoms with Gasteiger partial charge >= 0.3 is 6.18 Å². The Labute approximate surface area is 213 Å². The van der Waals surface area contributed by atoms with Crippen molar-refractivity contribution in [2.45, 2.75) is 50.6 Å². The second-order valence-electron chi connectivity index (χ2n) is 8.89. The van der Waals surface area contributed by atoms with Gasteiger partial charge in [-0.3, -0.25) is 9.48 Å². The molecule has 1 aliphatic carbocycles. The molecule has 0 aliphatic heterocycles. The molecule has 0 atom stereocenters. The monoisotopic (exact) mass is 550 g/mol. The zero-order valence-corrected chi connectivity index (χ0v) is 21.9. The highest BCUT2D eigenvalue weighted by molar-refractivity contribution is 7.91. The first-order chi connectivity index (χ1) is 16.8. The maximum Gasteiger partial charge on any atom is 0.405 e. The van der Waals surface area contributed by atoms with Crippen LogP contribution in [0.1, 0.15) is 43.1 Å². The molecule has 1 saturated carbocycles. The van der Waals surface area contributed by atoms with E-state index in [2.05, 4.69) is 15.7 Å². The van der Waals surface area contributed by atoms with Crippen LogP contribution in [0.4, 0.5) is 18.9 Å². The molecule has 0 bridgehead atoms. The summed E-state index contributed by atoms with van der Waals surface area (Å²) in [4.78, 5) is 12.9. The smallest absolute Gasteiger partial charge is 0.405 e. The topological polar surface area (TPSA) is 102 Å². The number of alkyl halides is 3. The van der Waals surface area contributed by atoms with E-state index >= 15 is 0 Å². The van der Waals surface area contributed by atoms with Gasteiger partial charge in [-0.2, -0.15) is 18.3 Å². The molecule has 8 nitrogen and oxygen atoms in total. The average Bonchev–Trinajstić information content (AvgIpc) is 3.16. The normalized spacial score (nSPS) is 18.6. The van der Waals surface area contributed by atoms with Crippen molar-refractivity contribution in [3.63, 3.8) is 0 Å². The van der Waals surface area contributed by atoms with Gasteiger partial charge in [-0.15, -0.1) is 0 Å². The number of aromatic nitrogens is 2. The standard InChI is InChI=1S/C23H30ClF3N4O4S/c1-4-31-21(17-10-7-15(11-18(17)35-2)29-13-23(25,26)27)19(24)20(30-31)22(32)28-12-14-5-8-16(9-6-14)36(3,33)34/h7,10-11,14,16,29H,4-6,8-9,12-13H2,1-3H3,(H,28,32)/t14-,16-. The Balaban J connectivity index is 1.76. The van der Waals surface area contributed by atoms with E-state index in [-0.39, 0.29) is 33.3 Å². The van der Waals surface area contributed by atoms with Gasteiger partial charge in [-0.25, -0.2) is 8.42 Å². The summed E-state index contributed by atoms with van der Waals surface area (Å²) in [5.41, 5.74) is 1.14. The zero-order valence-electron chi connectivity index (χ0n) is 20.3. The molecule has 0 saturated heterocycles. The van der Waals surface area contributed by atoms with Gasteiger partial charge in [0.15, 0.2) is 5.69 Å². The van der Waals surface area contributed by atoms with Crippen molar-refractivity contribution in [1.29, 1.82) is 0 Å². The lowest BCUT2D eigenvalue weighted by molar-refractivity contribution is -0.115. The van der Waals surface area contributed by atoms with Crippen molar-refractivity contribution in [3.8, 4) is 17.0 Å². The molecule has 0 radical (unpaired) electrons. The number of hydrogen-bond acceptors (Lipinski definition) is 6. The number of halogens is 4. The minimum absolute atomic E-state index is 0.0275. The highest BCUT2D eigenvalue weighted by Gasteiger charge is 2.30. The second kappa shape index (κ2) is 11.3. The van der Waals surface area contributed by atoms with Crippen molar-refractivity contribution >= 4 is 33.0 Å². The van der Waals surface area contributed by atoms with Gasteiger partial charge < -0.3 is 15.4 Å². The number of carbonyl (C=O) groups excluding carboxylic acids is 1. The number of amides is 1. The van der Waals surface area contributed by atoms with Gasteiger partial charge in [0, 0.05) is 36.7 Å². The summed E-state index contributed by atoms with van der Waals surface area (Å²) in [6, 6.07) is 4.46. The number of anilines is 1. The maximum atomic E-state index is 12.9. The van der Waals surface area contributed by atoms with Crippen LogP contribution >= 0.6 is 11.6 Å². The Bertz CT molecular complexity index is 1190. The predicted octanol–water partition coefficient (Wildman–Crippen LogP) is 4.54. The lowest BCUT2D eigenvalue weighted by Gasteiger charge is -2.27. The SMILES string of the molecule is CCn1nc(C(=O)NC[C@H]2CC[C@H](S(C)(=O)=O)CC2)c(Cl)c1-c1ccc(NCC(F)(F)F)cc1OC. The number of sulfone groups is 1. The van der Waals surface area contributed by atoms with E-state index in [1.54, 1.807) is 6.07 Å². The Morgan fingerprint density at radius 2 is 1.92 bits per heavy atom. The summed E-state index contributed by atoms with van der Waals surface area (Å²) >= 11 is 6.59. The molecule has 36 heavy (non-hydrogen) atoms. The number of rotatable bonds is 9. The van der Waals surface area contributed by atoms with Crippen molar-refractivity contribution in [3.05, 3.63) is 28.9 Å². The number of aryl methyl sites for hydroxylation is 1. The second-order valence-corrected chi connectivity index (χ2v) is 11.6. The van der Waals surface area contributed by atoms with Crippen LogP contribution in [0.2, 0.25) is 5.02 Å². The molecule has 0 unspecified atom stereocenters. The number of nitrogens with one attached hydrogen (secondary N) is 2. The van der Waals surface area contributed by atoms with Gasteiger partial charge in [-0.1, -0.05) is 11.6 Å². The summed E-state index contributed by atoms with van der Waals surface area (Å²) in [5.74, 6) is -0.0234. The Morgan fingerprint density at radius 3 is 2.47 bits per heavy atom. The molecule has 1 aliphatic rings. The van der Waals surface area contributed by atoms with Crippen molar-refractivity contribution < 1.29 is 31.1 Å². The molecule has 3 rings (SSSR count). The van der Waals surface area contributed by atoms with Crippen LogP contribution in [0.25, 0.3) is 11.3 Å². The molecule has 1 fully saturated rings. The molecule has 2 N–H and O–H groups in total. The van der Waals surface area contributed by atoms with Crippen LogP contribution in [0, 0.1) is 5.92 Å². The fraction of sp³-hybridized carbons (Fsp3) is 0.565. The number of nitrogens with zero attached hydrogens (tertiary/aromatic N) is 2. The third-order valence-corrected chi connectivity index (χ3v) is 8.35. The Morgan fingerprint density at radius 1 is 1.25 bits per heavy atom. The zero-order chi connectivity index (χ0) is 26.7. The predicted molar refractivity (Wildman–Crippen MR) is 132 cm³/mol. The first-order valence-corrected chi connectivity index (χ1v) is 13.9. The first-order valence-electron chi connectivity index (χ1n) is 11.6. The van der Waals surface area contributed by atoms with Gasteiger partial charge in [0.05, 0.1) is 23.1 Å². The van der Waals surface area contributed by atoms with Gasteiger partial charge in [0.2, 0.25) is 0 Å². The van der Waals surface area contributed by atoms with E-state index in [1.165, 1.54) is 30.2 Å². The fourth-order valence-corrected chi connectivity index (χ4v) is 5.81. The summed E-state index contributed by atoms with van der Waals surface area (Å²) in [7, 11) is -1.67. The summed E-state index contributed by atoms with van der Waals surface area (Å²) in [6.07, 6.45) is -0.570. The number of hydrogen-bond donors (Lipinski definition) is 2. The Kier molecular flexibility index (Phi) is 8.81. The van der Waals surface area contributed by atoms with E-state index in [9.17, 15) is 26.4 Å². The van der Waals surface area contributed by atoms with Crippen LogP contribution < -0.4 is 15.4 Å². The molecular weight excluding hydrogens is 521 g/mol. The third kappa shape index (κ3) is 6.84.